The molecule has 1 rings (SSSR count). The average molecular weight is 182 g/mol. The Bertz CT molecular complexity index is 233. The number of rotatable bonds is 6. The fraction of sp³-hybridized carbons (Fsp3) is 0.700. The minimum Gasteiger partial charge on any atom is -0.396 e. The summed E-state index contributed by atoms with van der Waals surface area (Å²) in [7, 11) is 0. The number of hydrogen-bond donors (Lipinski definition) is 1. The van der Waals surface area contributed by atoms with Crippen molar-refractivity contribution in [1.29, 1.82) is 0 Å². The largest absolute Gasteiger partial charge is 0.396 e. The number of nitrogens with zero attached hydrogens (tertiary/aromatic N) is 2. The Labute approximate surface area is 79.4 Å². The van der Waals surface area contributed by atoms with E-state index >= 15 is 0 Å². The molecular weight excluding hydrogens is 164 g/mol. The van der Waals surface area contributed by atoms with Gasteiger partial charge in [0.05, 0.1) is 0 Å². The molecule has 0 bridgehead atoms. The van der Waals surface area contributed by atoms with Crippen molar-refractivity contribution >= 4 is 0 Å². The van der Waals surface area contributed by atoms with Gasteiger partial charge in [0.2, 0.25) is 0 Å². The van der Waals surface area contributed by atoms with Gasteiger partial charge in [0.1, 0.15) is 5.82 Å². The van der Waals surface area contributed by atoms with Crippen molar-refractivity contribution in [2.45, 2.75) is 39.2 Å². The third kappa shape index (κ3) is 3.19. The zero-order chi connectivity index (χ0) is 9.52. The number of hydrogen-bond acceptors (Lipinski definition) is 2. The first-order valence-corrected chi connectivity index (χ1v) is 4.99. The fourth-order valence-electron chi connectivity index (χ4n) is 1.43. The zero-order valence-corrected chi connectivity index (χ0v) is 8.24. The molecule has 1 aromatic heterocycles. The van der Waals surface area contributed by atoms with Gasteiger partial charge in [0.15, 0.2) is 0 Å². The van der Waals surface area contributed by atoms with Crippen LogP contribution >= 0.6 is 0 Å². The summed E-state index contributed by atoms with van der Waals surface area (Å²) in [5, 5.41) is 8.61. The summed E-state index contributed by atoms with van der Waals surface area (Å²) in [6.45, 7) is 3.46. The van der Waals surface area contributed by atoms with Crippen molar-refractivity contribution < 1.29 is 5.11 Å². The van der Waals surface area contributed by atoms with E-state index in [9.17, 15) is 0 Å². The van der Waals surface area contributed by atoms with Crippen LogP contribution in [0.1, 0.15) is 32.0 Å². The molecule has 0 atom stereocenters. The van der Waals surface area contributed by atoms with Gasteiger partial charge in [-0.15, -0.1) is 0 Å². The molecule has 0 saturated heterocycles. The van der Waals surface area contributed by atoms with Gasteiger partial charge in [0, 0.05) is 32.0 Å². The highest BCUT2D eigenvalue weighted by atomic mass is 16.2. The molecule has 0 aliphatic heterocycles. The maximum absolute atomic E-state index is 8.61. The average Bonchev–Trinajstić information content (AvgIpc) is 2.60. The van der Waals surface area contributed by atoms with Crippen molar-refractivity contribution in [1.82, 2.24) is 9.55 Å². The highest BCUT2D eigenvalue weighted by Gasteiger charge is 1.98. The summed E-state index contributed by atoms with van der Waals surface area (Å²) in [5.74, 6) is 1.16. The van der Waals surface area contributed by atoms with Crippen LogP contribution in [-0.2, 0) is 13.0 Å². The zero-order valence-electron chi connectivity index (χ0n) is 8.24. The van der Waals surface area contributed by atoms with E-state index in [4.69, 9.17) is 5.11 Å². The molecule has 1 heterocycles. The Morgan fingerprint density at radius 2 is 2.23 bits per heavy atom. The van der Waals surface area contributed by atoms with Gasteiger partial charge < -0.3 is 9.67 Å². The van der Waals surface area contributed by atoms with E-state index in [2.05, 4.69) is 16.5 Å². The molecule has 3 heteroatoms. The number of aromatic nitrogens is 2. The van der Waals surface area contributed by atoms with Gasteiger partial charge in [-0.05, 0) is 19.3 Å². The van der Waals surface area contributed by atoms with E-state index in [0.29, 0.717) is 6.61 Å². The molecule has 3 nitrogen and oxygen atoms in total. The molecule has 0 aliphatic rings. The maximum Gasteiger partial charge on any atom is 0.108 e. The second-order valence-corrected chi connectivity index (χ2v) is 3.17. The molecule has 13 heavy (non-hydrogen) atoms. The number of unbranched alkanes of at least 4 members (excludes halogenated alkanes) is 2. The number of aliphatic hydroxyl groups excluding tert-OH is 1. The first kappa shape index (κ1) is 10.3. The molecule has 0 saturated carbocycles. The molecule has 1 N–H and O–H groups in total. The van der Waals surface area contributed by atoms with Crippen molar-refractivity contribution in [2.24, 2.45) is 0 Å². The Balaban J connectivity index is 2.27. The van der Waals surface area contributed by atoms with Gasteiger partial charge >= 0.3 is 0 Å². The van der Waals surface area contributed by atoms with Gasteiger partial charge in [0.25, 0.3) is 0 Å². The summed E-state index contributed by atoms with van der Waals surface area (Å²) in [6.07, 6.45) is 8.01. The fourth-order valence-corrected chi connectivity index (χ4v) is 1.43. The van der Waals surface area contributed by atoms with Crippen molar-refractivity contribution in [3.8, 4) is 0 Å². The summed E-state index contributed by atoms with van der Waals surface area (Å²) in [4.78, 5) is 4.25. The Morgan fingerprint density at radius 3 is 2.92 bits per heavy atom. The van der Waals surface area contributed by atoms with Crippen LogP contribution in [-0.4, -0.2) is 21.3 Å². The molecule has 0 radical (unpaired) electrons. The molecule has 0 fully saturated rings. The highest BCUT2D eigenvalue weighted by Crippen LogP contribution is 2.03. The van der Waals surface area contributed by atoms with Crippen LogP contribution in [0.15, 0.2) is 12.4 Å². The molecular formula is C10H18N2O. The van der Waals surface area contributed by atoms with Crippen LogP contribution in [0.4, 0.5) is 0 Å². The Morgan fingerprint density at radius 1 is 1.38 bits per heavy atom. The van der Waals surface area contributed by atoms with Crippen LogP contribution in [0, 0.1) is 0 Å². The van der Waals surface area contributed by atoms with Crippen molar-refractivity contribution in [3.63, 3.8) is 0 Å². The first-order chi connectivity index (χ1) is 6.38. The lowest BCUT2D eigenvalue weighted by Crippen LogP contribution is -2.02. The van der Waals surface area contributed by atoms with E-state index in [0.717, 1.165) is 38.1 Å². The van der Waals surface area contributed by atoms with E-state index in [1.165, 1.54) is 0 Å². The van der Waals surface area contributed by atoms with Crippen LogP contribution < -0.4 is 0 Å². The third-order valence-electron chi connectivity index (χ3n) is 2.18. The molecule has 0 unspecified atom stereocenters. The Hall–Kier alpha value is -0.830. The smallest absolute Gasteiger partial charge is 0.108 e. The minimum absolute atomic E-state index is 0.310. The summed E-state index contributed by atoms with van der Waals surface area (Å²) in [6, 6.07) is 0. The van der Waals surface area contributed by atoms with Crippen molar-refractivity contribution in [3.05, 3.63) is 18.2 Å². The maximum atomic E-state index is 8.61. The second kappa shape index (κ2) is 5.75. The predicted octanol–water partition coefficient (Wildman–Crippen LogP) is 1.61. The molecule has 0 amide bonds. The predicted molar refractivity (Wildman–Crippen MR) is 52.5 cm³/mol. The van der Waals surface area contributed by atoms with Crippen molar-refractivity contribution in [2.75, 3.05) is 6.61 Å². The van der Waals surface area contributed by atoms with Crippen LogP contribution in [0.3, 0.4) is 0 Å². The van der Waals surface area contributed by atoms with Crippen LogP contribution in [0.5, 0.6) is 0 Å². The lowest BCUT2D eigenvalue weighted by atomic mass is 10.2. The standard InChI is InChI=1S/C10H18N2O/c1-2-10-11-6-8-12(10)7-4-3-5-9-13/h6,8,13H,2-5,7,9H2,1H3. The summed E-state index contributed by atoms with van der Waals surface area (Å²) in [5.41, 5.74) is 0. The number of aryl methyl sites for hydroxylation is 2. The van der Waals surface area contributed by atoms with Crippen LogP contribution in [0.2, 0.25) is 0 Å². The van der Waals surface area contributed by atoms with Gasteiger partial charge in [-0.3, -0.25) is 0 Å². The molecule has 0 aromatic carbocycles. The lowest BCUT2D eigenvalue weighted by Gasteiger charge is -2.05. The summed E-state index contributed by atoms with van der Waals surface area (Å²) >= 11 is 0. The highest BCUT2D eigenvalue weighted by molar-refractivity contribution is 4.91. The van der Waals surface area contributed by atoms with E-state index in [1.54, 1.807) is 0 Å². The number of imidazole rings is 1. The topological polar surface area (TPSA) is 38.0 Å². The second-order valence-electron chi connectivity index (χ2n) is 3.17. The molecule has 0 aliphatic carbocycles. The van der Waals surface area contributed by atoms with Gasteiger partial charge in [-0.2, -0.15) is 0 Å². The summed E-state index contributed by atoms with van der Waals surface area (Å²) < 4.78 is 2.19. The van der Waals surface area contributed by atoms with E-state index < -0.39 is 0 Å². The normalized spacial score (nSPS) is 10.6. The van der Waals surface area contributed by atoms with E-state index in [-0.39, 0.29) is 0 Å². The molecule has 74 valence electrons. The number of aliphatic hydroxyl groups is 1. The first-order valence-electron chi connectivity index (χ1n) is 4.99. The molecule has 1 aromatic rings. The SMILES string of the molecule is CCc1nccn1CCCCCO. The van der Waals surface area contributed by atoms with Crippen LogP contribution in [0.25, 0.3) is 0 Å². The minimum atomic E-state index is 0.310. The monoisotopic (exact) mass is 182 g/mol. The molecule has 0 spiro atoms. The van der Waals surface area contributed by atoms with Gasteiger partial charge in [-0.1, -0.05) is 6.92 Å². The Kier molecular flexibility index (Phi) is 4.54. The quantitative estimate of drug-likeness (QED) is 0.679. The lowest BCUT2D eigenvalue weighted by molar-refractivity contribution is 0.281. The third-order valence-corrected chi connectivity index (χ3v) is 2.18. The van der Waals surface area contributed by atoms with Gasteiger partial charge in [-0.25, -0.2) is 4.98 Å². The van der Waals surface area contributed by atoms with E-state index in [1.807, 2.05) is 12.4 Å².